The van der Waals surface area contributed by atoms with Gasteiger partial charge < -0.3 is 13.7 Å². The van der Waals surface area contributed by atoms with Crippen LogP contribution in [0.5, 0.6) is 0 Å². The maximum absolute atomic E-state index is 7.19. The molecule has 2 unspecified atom stereocenters. The fraction of sp³-hybridized carbons (Fsp3) is 0.0351. The molecule has 0 N–H and O–H groups in total. The molecule has 13 rings (SSSR count). The highest BCUT2D eigenvalue weighted by molar-refractivity contribution is 6.13. The molecular formula is C57H36N4O2. The van der Waals surface area contributed by atoms with E-state index >= 15 is 0 Å². The predicted octanol–water partition coefficient (Wildman–Crippen LogP) is 14.5. The van der Waals surface area contributed by atoms with Crippen molar-refractivity contribution in [3.05, 3.63) is 223 Å². The molecule has 0 bridgehead atoms. The Morgan fingerprint density at radius 3 is 1.83 bits per heavy atom. The zero-order chi connectivity index (χ0) is 41.4. The fourth-order valence-electron chi connectivity index (χ4n) is 9.85. The van der Waals surface area contributed by atoms with Crippen LogP contribution in [0.15, 0.2) is 215 Å². The summed E-state index contributed by atoms with van der Waals surface area (Å²) in [5, 5.41) is 4.15. The number of rotatable bonds is 6. The predicted molar refractivity (Wildman–Crippen MR) is 255 cm³/mol. The minimum Gasteiger partial charge on any atom is -0.456 e. The summed E-state index contributed by atoms with van der Waals surface area (Å²) in [7, 11) is 0. The quantitative estimate of drug-likeness (QED) is 0.167. The van der Waals surface area contributed by atoms with E-state index in [1.807, 2.05) is 54.6 Å². The van der Waals surface area contributed by atoms with Crippen LogP contribution in [-0.2, 0) is 0 Å². The van der Waals surface area contributed by atoms with Crippen molar-refractivity contribution in [3.63, 3.8) is 0 Å². The van der Waals surface area contributed by atoms with E-state index in [2.05, 4.69) is 157 Å². The number of para-hydroxylation sites is 4. The minimum atomic E-state index is -0.0142. The molecule has 63 heavy (non-hydrogen) atoms. The van der Waals surface area contributed by atoms with E-state index in [9.17, 15) is 0 Å². The summed E-state index contributed by atoms with van der Waals surface area (Å²) >= 11 is 0. The summed E-state index contributed by atoms with van der Waals surface area (Å²) in [6.07, 6.45) is 4.83. The van der Waals surface area contributed by atoms with Crippen molar-refractivity contribution < 1.29 is 8.83 Å². The maximum Gasteiger partial charge on any atom is 0.167 e. The monoisotopic (exact) mass is 808 g/mol. The van der Waals surface area contributed by atoms with Gasteiger partial charge in [0.1, 0.15) is 16.7 Å². The lowest BCUT2D eigenvalue weighted by Gasteiger charge is -2.33. The summed E-state index contributed by atoms with van der Waals surface area (Å²) in [4.78, 5) is 17.9. The van der Waals surface area contributed by atoms with Crippen LogP contribution in [0.1, 0.15) is 22.6 Å². The van der Waals surface area contributed by atoms with Crippen molar-refractivity contribution in [3.8, 4) is 34.2 Å². The summed E-state index contributed by atoms with van der Waals surface area (Å²) < 4.78 is 13.5. The normalized spacial score (nSPS) is 15.8. The van der Waals surface area contributed by atoms with E-state index in [-0.39, 0.29) is 12.0 Å². The van der Waals surface area contributed by atoms with Crippen LogP contribution in [0.25, 0.3) is 89.2 Å². The van der Waals surface area contributed by atoms with Gasteiger partial charge >= 0.3 is 0 Å². The lowest BCUT2D eigenvalue weighted by atomic mass is 9.78. The van der Waals surface area contributed by atoms with Crippen LogP contribution in [0, 0.1) is 0 Å². The molecule has 1 aliphatic carbocycles. The maximum atomic E-state index is 7.19. The molecule has 0 amide bonds. The van der Waals surface area contributed by atoms with Gasteiger partial charge in [-0.1, -0.05) is 170 Å². The zero-order valence-corrected chi connectivity index (χ0v) is 33.9. The largest absolute Gasteiger partial charge is 0.456 e. The molecule has 6 nitrogen and oxygen atoms in total. The van der Waals surface area contributed by atoms with Gasteiger partial charge in [0.2, 0.25) is 0 Å². The van der Waals surface area contributed by atoms with Gasteiger partial charge in [0.05, 0.1) is 17.3 Å². The Morgan fingerprint density at radius 1 is 0.413 bits per heavy atom. The molecule has 3 aromatic heterocycles. The second-order valence-corrected chi connectivity index (χ2v) is 16.3. The third-order valence-corrected chi connectivity index (χ3v) is 12.7. The summed E-state index contributed by atoms with van der Waals surface area (Å²) in [6, 6.07) is 67.5. The molecular weight excluding hydrogens is 773 g/mol. The molecule has 0 saturated heterocycles. The topological polar surface area (TPSA) is 68.2 Å². The van der Waals surface area contributed by atoms with E-state index in [4.69, 9.17) is 23.8 Å². The van der Waals surface area contributed by atoms with E-state index in [1.165, 1.54) is 33.5 Å². The number of nitrogens with zero attached hydrogens (tertiary/aromatic N) is 4. The highest BCUT2D eigenvalue weighted by atomic mass is 16.3. The highest BCUT2D eigenvalue weighted by Crippen LogP contribution is 2.55. The Bertz CT molecular complexity index is 3640. The first kappa shape index (κ1) is 35.4. The number of aromatic nitrogens is 3. The van der Waals surface area contributed by atoms with Crippen LogP contribution >= 0.6 is 0 Å². The lowest BCUT2D eigenvalue weighted by Crippen LogP contribution is -2.30. The molecule has 0 radical (unpaired) electrons. The fourth-order valence-corrected chi connectivity index (χ4v) is 9.85. The summed E-state index contributed by atoms with van der Waals surface area (Å²) in [5.41, 5.74) is 14.1. The van der Waals surface area contributed by atoms with Crippen molar-refractivity contribution in [2.75, 3.05) is 4.90 Å². The molecule has 6 heteroatoms. The molecule has 296 valence electrons. The van der Waals surface area contributed by atoms with Crippen molar-refractivity contribution in [2.24, 2.45) is 0 Å². The average Bonchev–Trinajstić information content (AvgIpc) is 4.04. The van der Waals surface area contributed by atoms with Crippen LogP contribution in [0.4, 0.5) is 11.4 Å². The number of fused-ring (bicyclic) bond motifs is 9. The molecule has 1 aliphatic heterocycles. The molecule has 0 spiro atoms. The van der Waals surface area contributed by atoms with Crippen molar-refractivity contribution in [1.29, 1.82) is 0 Å². The Morgan fingerprint density at radius 2 is 1.02 bits per heavy atom. The van der Waals surface area contributed by atoms with Gasteiger partial charge in [0.25, 0.3) is 0 Å². The van der Waals surface area contributed by atoms with Crippen molar-refractivity contribution >= 4 is 66.4 Å². The van der Waals surface area contributed by atoms with E-state index in [0.29, 0.717) is 17.5 Å². The SMILES string of the molecule is C1=C(c2ccccc2)C=C(c2ccccc2)C2c3ccccc3N(c3cccc4c3oc3c(-c5nc(-c6ccccc6)nc(-c6ccc7c(c6)oc6ccccc67)n5)cccc34)C12. The van der Waals surface area contributed by atoms with Gasteiger partial charge in [-0.3, -0.25) is 0 Å². The van der Waals surface area contributed by atoms with E-state index in [1.54, 1.807) is 0 Å². The van der Waals surface area contributed by atoms with Gasteiger partial charge in [-0.05, 0) is 64.2 Å². The smallest absolute Gasteiger partial charge is 0.167 e. The van der Waals surface area contributed by atoms with Gasteiger partial charge in [-0.2, -0.15) is 0 Å². The van der Waals surface area contributed by atoms with Crippen LogP contribution < -0.4 is 4.90 Å². The molecule has 4 heterocycles. The van der Waals surface area contributed by atoms with Crippen LogP contribution in [-0.4, -0.2) is 21.0 Å². The first-order valence-electron chi connectivity index (χ1n) is 21.3. The van der Waals surface area contributed by atoms with Crippen LogP contribution in [0.2, 0.25) is 0 Å². The second-order valence-electron chi connectivity index (χ2n) is 16.3. The Balaban J connectivity index is 0.993. The third kappa shape index (κ3) is 5.69. The Kier molecular flexibility index (Phi) is 7.93. The molecule has 0 saturated carbocycles. The van der Waals surface area contributed by atoms with Gasteiger partial charge in [-0.15, -0.1) is 0 Å². The van der Waals surface area contributed by atoms with Gasteiger partial charge in [-0.25, -0.2) is 15.0 Å². The molecule has 2 aliphatic rings. The van der Waals surface area contributed by atoms with Gasteiger partial charge in [0, 0.05) is 44.3 Å². The minimum absolute atomic E-state index is 0.0142. The lowest BCUT2D eigenvalue weighted by molar-refractivity contribution is 0.665. The Labute approximate surface area is 362 Å². The van der Waals surface area contributed by atoms with Gasteiger partial charge in [0.15, 0.2) is 23.1 Å². The Hall–Kier alpha value is -8.35. The number of hydrogen-bond donors (Lipinski definition) is 0. The molecule has 8 aromatic carbocycles. The number of allylic oxidation sites excluding steroid dienone is 2. The first-order valence-corrected chi connectivity index (χ1v) is 21.3. The standard InChI is InChI=1S/C57H36N4O2/c1-4-16-35(17-5-1)39-32-46(36-18-6-2-7-19-36)52-44-23-10-12-27-47(44)61(49(52)33-39)48-28-15-25-43-42-24-14-26-45(53(42)63-54(43)48)57-59-55(37-20-8-3-9-21-37)58-56(60-57)38-30-31-41-40-22-11-13-29-50(40)62-51(41)34-38/h1-34,49,52H. The zero-order valence-electron chi connectivity index (χ0n) is 33.9. The van der Waals surface area contributed by atoms with Crippen molar-refractivity contribution in [1.82, 2.24) is 15.0 Å². The second kappa shape index (κ2) is 14.1. The highest BCUT2D eigenvalue weighted by Gasteiger charge is 2.43. The molecule has 2 atom stereocenters. The van der Waals surface area contributed by atoms with Crippen LogP contribution in [0.3, 0.4) is 0 Å². The van der Waals surface area contributed by atoms with E-state index < -0.39 is 0 Å². The number of hydrogen-bond acceptors (Lipinski definition) is 6. The first-order chi connectivity index (χ1) is 31.2. The molecule has 0 fully saturated rings. The number of benzene rings is 8. The average molecular weight is 809 g/mol. The van der Waals surface area contributed by atoms with E-state index in [0.717, 1.165) is 66.3 Å². The summed E-state index contributed by atoms with van der Waals surface area (Å²) in [6.45, 7) is 0. The third-order valence-electron chi connectivity index (χ3n) is 12.7. The molecule has 11 aromatic rings. The summed E-state index contributed by atoms with van der Waals surface area (Å²) in [5.74, 6) is 1.76. The van der Waals surface area contributed by atoms with Crippen molar-refractivity contribution in [2.45, 2.75) is 12.0 Å². The number of anilines is 2. The number of furan rings is 2.